The van der Waals surface area contributed by atoms with Gasteiger partial charge in [-0.2, -0.15) is 4.31 Å². The van der Waals surface area contributed by atoms with E-state index in [9.17, 15) is 22.0 Å². The number of hydrogen-bond donors (Lipinski definition) is 1. The van der Waals surface area contributed by atoms with Gasteiger partial charge < -0.3 is 5.32 Å². The zero-order chi connectivity index (χ0) is 18.9. The van der Waals surface area contributed by atoms with E-state index in [-0.39, 0.29) is 17.1 Å². The van der Waals surface area contributed by atoms with Crippen LogP contribution in [0.3, 0.4) is 0 Å². The molecule has 26 heavy (non-hydrogen) atoms. The third-order valence-electron chi connectivity index (χ3n) is 4.11. The highest BCUT2D eigenvalue weighted by atomic mass is 79.9. The van der Waals surface area contributed by atoms with Crippen LogP contribution in [0.1, 0.15) is 12.8 Å². The van der Waals surface area contributed by atoms with E-state index in [0.29, 0.717) is 12.8 Å². The lowest BCUT2D eigenvalue weighted by atomic mass is 10.2. The molecule has 1 N–H and O–H groups in total. The average Bonchev–Trinajstić information content (AvgIpc) is 3.09. The minimum absolute atomic E-state index is 0.0670. The Bertz CT molecular complexity index is 936. The maximum atomic E-state index is 13.7. The molecule has 0 spiro atoms. The maximum Gasteiger partial charge on any atom is 0.243 e. The van der Waals surface area contributed by atoms with Gasteiger partial charge in [-0.05, 0) is 49.2 Å². The Morgan fingerprint density at radius 2 is 1.85 bits per heavy atom. The Kier molecular flexibility index (Phi) is 5.40. The minimum atomic E-state index is -3.88. The first-order valence-electron chi connectivity index (χ1n) is 7.82. The number of carbonyl (C=O) groups is 1. The lowest BCUT2D eigenvalue weighted by molar-refractivity contribution is -0.119. The molecule has 2 aromatic carbocycles. The average molecular weight is 445 g/mol. The molecule has 5 nitrogen and oxygen atoms in total. The highest BCUT2D eigenvalue weighted by Crippen LogP contribution is 2.28. The van der Waals surface area contributed by atoms with E-state index < -0.39 is 33.6 Å². The summed E-state index contributed by atoms with van der Waals surface area (Å²) in [6.45, 7) is 0.183. The monoisotopic (exact) mass is 444 g/mol. The molecule has 1 amide bonds. The Balaban J connectivity index is 1.84. The van der Waals surface area contributed by atoms with Crippen molar-refractivity contribution in [3.05, 3.63) is 58.6 Å². The number of amides is 1. The molecule has 1 fully saturated rings. The van der Waals surface area contributed by atoms with Gasteiger partial charge in [-0.15, -0.1) is 0 Å². The maximum absolute atomic E-state index is 13.7. The zero-order valence-corrected chi connectivity index (χ0v) is 15.9. The van der Waals surface area contributed by atoms with Crippen LogP contribution in [0.15, 0.2) is 51.8 Å². The summed E-state index contributed by atoms with van der Waals surface area (Å²) in [4.78, 5) is 12.6. The molecule has 1 heterocycles. The van der Waals surface area contributed by atoms with Crippen molar-refractivity contribution in [3.63, 3.8) is 0 Å². The molecule has 1 aliphatic rings. The first-order valence-corrected chi connectivity index (χ1v) is 10.1. The second-order valence-electron chi connectivity index (χ2n) is 5.84. The standard InChI is InChI=1S/C17H15BrF2N2O3S/c18-11-3-6-13(7-4-11)26(24,25)22-9-1-2-16(22)17(23)21-15-10-12(19)5-8-14(15)20/h3-8,10,16H,1-2,9H2,(H,21,23). The van der Waals surface area contributed by atoms with Crippen LogP contribution in [-0.4, -0.2) is 31.2 Å². The molecule has 0 aliphatic carbocycles. The van der Waals surface area contributed by atoms with E-state index in [0.717, 1.165) is 27.0 Å². The molecule has 0 radical (unpaired) electrons. The molecule has 1 saturated heterocycles. The van der Waals surface area contributed by atoms with Crippen LogP contribution in [0, 0.1) is 11.6 Å². The third kappa shape index (κ3) is 3.79. The number of nitrogens with one attached hydrogen (secondary N) is 1. The van der Waals surface area contributed by atoms with Gasteiger partial charge in [0.2, 0.25) is 15.9 Å². The summed E-state index contributed by atoms with van der Waals surface area (Å²) >= 11 is 3.24. The number of benzene rings is 2. The number of sulfonamides is 1. The van der Waals surface area contributed by atoms with Gasteiger partial charge in [0.15, 0.2) is 0 Å². The van der Waals surface area contributed by atoms with Crippen molar-refractivity contribution < 1.29 is 22.0 Å². The summed E-state index contributed by atoms with van der Waals surface area (Å²) < 4.78 is 54.5. The lowest BCUT2D eigenvalue weighted by Crippen LogP contribution is -2.43. The van der Waals surface area contributed by atoms with Crippen molar-refractivity contribution in [2.24, 2.45) is 0 Å². The summed E-state index contributed by atoms with van der Waals surface area (Å²) in [7, 11) is -3.88. The highest BCUT2D eigenvalue weighted by Gasteiger charge is 2.39. The van der Waals surface area contributed by atoms with E-state index in [1.54, 1.807) is 12.1 Å². The molecular formula is C17H15BrF2N2O3S. The number of halogens is 3. The van der Waals surface area contributed by atoms with Crippen LogP contribution < -0.4 is 5.32 Å². The molecule has 9 heteroatoms. The summed E-state index contributed by atoms with van der Waals surface area (Å²) in [6, 6.07) is 7.79. The molecule has 3 rings (SSSR count). The van der Waals surface area contributed by atoms with Crippen LogP contribution in [0.4, 0.5) is 14.5 Å². The largest absolute Gasteiger partial charge is 0.322 e. The molecule has 2 aromatic rings. The van der Waals surface area contributed by atoms with Gasteiger partial charge >= 0.3 is 0 Å². The van der Waals surface area contributed by atoms with E-state index in [1.165, 1.54) is 12.1 Å². The van der Waals surface area contributed by atoms with E-state index in [2.05, 4.69) is 21.2 Å². The fourth-order valence-corrected chi connectivity index (χ4v) is 4.76. The summed E-state index contributed by atoms with van der Waals surface area (Å²) in [5, 5.41) is 2.29. The van der Waals surface area contributed by atoms with Gasteiger partial charge in [0.25, 0.3) is 0 Å². The van der Waals surface area contributed by atoms with Gasteiger partial charge in [0.05, 0.1) is 10.6 Å². The van der Waals surface area contributed by atoms with Gasteiger partial charge in [-0.25, -0.2) is 17.2 Å². The molecule has 1 atom stereocenters. The van der Waals surface area contributed by atoms with Crippen molar-refractivity contribution in [2.45, 2.75) is 23.8 Å². The summed E-state index contributed by atoms with van der Waals surface area (Å²) in [5.41, 5.74) is -0.317. The van der Waals surface area contributed by atoms with Crippen molar-refractivity contribution >= 4 is 37.5 Å². The quantitative estimate of drug-likeness (QED) is 0.784. The van der Waals surface area contributed by atoms with Crippen LogP contribution in [0.5, 0.6) is 0 Å². The molecular weight excluding hydrogens is 430 g/mol. The fraction of sp³-hybridized carbons (Fsp3) is 0.235. The Hall–Kier alpha value is -1.84. The molecule has 1 unspecified atom stereocenters. The van der Waals surface area contributed by atoms with E-state index >= 15 is 0 Å². The molecule has 0 bridgehead atoms. The van der Waals surface area contributed by atoms with Crippen molar-refractivity contribution in [1.29, 1.82) is 0 Å². The highest BCUT2D eigenvalue weighted by molar-refractivity contribution is 9.10. The van der Waals surface area contributed by atoms with E-state index in [1.807, 2.05) is 0 Å². The number of nitrogens with zero attached hydrogens (tertiary/aromatic N) is 1. The van der Waals surface area contributed by atoms with Gasteiger partial charge in [-0.1, -0.05) is 15.9 Å². The normalized spacial score (nSPS) is 18.0. The Labute approximate surface area is 158 Å². The molecule has 1 aliphatic heterocycles. The van der Waals surface area contributed by atoms with Crippen LogP contribution in [-0.2, 0) is 14.8 Å². The Morgan fingerprint density at radius 3 is 2.54 bits per heavy atom. The first kappa shape index (κ1) is 18.9. The Morgan fingerprint density at radius 1 is 1.15 bits per heavy atom. The van der Waals surface area contributed by atoms with Crippen molar-refractivity contribution in [2.75, 3.05) is 11.9 Å². The number of carbonyl (C=O) groups excluding carboxylic acids is 1. The summed E-state index contributed by atoms with van der Waals surface area (Å²) in [6.07, 6.45) is 0.804. The molecule has 0 saturated carbocycles. The van der Waals surface area contributed by atoms with E-state index in [4.69, 9.17) is 0 Å². The first-order chi connectivity index (χ1) is 12.3. The van der Waals surface area contributed by atoms with Crippen LogP contribution >= 0.6 is 15.9 Å². The SMILES string of the molecule is O=C(Nc1cc(F)ccc1F)C1CCCN1S(=O)(=O)c1ccc(Br)cc1. The van der Waals surface area contributed by atoms with Crippen molar-refractivity contribution in [1.82, 2.24) is 4.31 Å². The third-order valence-corrected chi connectivity index (χ3v) is 6.56. The second kappa shape index (κ2) is 7.42. The second-order valence-corrected chi connectivity index (χ2v) is 8.65. The predicted octanol–water partition coefficient (Wildman–Crippen LogP) is 3.52. The minimum Gasteiger partial charge on any atom is -0.322 e. The van der Waals surface area contributed by atoms with Crippen LogP contribution in [0.25, 0.3) is 0 Å². The number of anilines is 1. The predicted molar refractivity (Wildman–Crippen MR) is 96.0 cm³/mol. The fourth-order valence-electron chi connectivity index (χ4n) is 2.84. The zero-order valence-electron chi connectivity index (χ0n) is 13.5. The molecule has 0 aromatic heterocycles. The molecule has 138 valence electrons. The van der Waals surface area contributed by atoms with Gasteiger partial charge in [-0.3, -0.25) is 4.79 Å². The number of hydrogen-bond acceptors (Lipinski definition) is 3. The lowest BCUT2D eigenvalue weighted by Gasteiger charge is -2.23. The van der Waals surface area contributed by atoms with Gasteiger partial charge in [0.1, 0.15) is 17.7 Å². The number of rotatable bonds is 4. The topological polar surface area (TPSA) is 66.5 Å². The van der Waals surface area contributed by atoms with Gasteiger partial charge in [0, 0.05) is 17.1 Å². The summed E-state index contributed by atoms with van der Waals surface area (Å²) in [5.74, 6) is -2.18. The smallest absolute Gasteiger partial charge is 0.243 e. The van der Waals surface area contributed by atoms with Crippen molar-refractivity contribution in [3.8, 4) is 0 Å². The van der Waals surface area contributed by atoms with Crippen LogP contribution in [0.2, 0.25) is 0 Å².